The van der Waals surface area contributed by atoms with Gasteiger partial charge in [-0.3, -0.25) is 4.72 Å². The lowest BCUT2D eigenvalue weighted by atomic mass is 10.1. The second-order valence-electron chi connectivity index (χ2n) is 6.68. The van der Waals surface area contributed by atoms with Crippen molar-refractivity contribution in [1.29, 1.82) is 0 Å². The van der Waals surface area contributed by atoms with E-state index in [0.717, 1.165) is 18.2 Å². The topological polar surface area (TPSA) is 85.9 Å². The molecule has 2 N–H and O–H groups in total. The maximum Gasteiger partial charge on any atom is 0.419 e. The number of methoxy groups -OCH3 is 2. The van der Waals surface area contributed by atoms with Gasteiger partial charge in [0.05, 0.1) is 25.5 Å². The van der Waals surface area contributed by atoms with E-state index in [2.05, 4.69) is 26.0 Å². The molecule has 0 amide bonds. The number of ether oxygens (including phenoxy) is 3. The zero-order chi connectivity index (χ0) is 22.8. The predicted octanol–water partition coefficient (Wildman–Crippen LogP) is 4.03. The fourth-order valence-corrected chi connectivity index (χ4v) is 5.16. The summed E-state index contributed by atoms with van der Waals surface area (Å²) in [5.41, 5.74) is -1.05. The van der Waals surface area contributed by atoms with Crippen LogP contribution in [0.5, 0.6) is 17.2 Å². The lowest BCUT2D eigenvalue weighted by Crippen LogP contribution is -2.22. The van der Waals surface area contributed by atoms with Crippen molar-refractivity contribution in [2.75, 3.05) is 32.0 Å². The van der Waals surface area contributed by atoms with E-state index in [9.17, 15) is 21.6 Å². The molecule has 1 fully saturated rings. The molecule has 2 aromatic rings. The first kappa shape index (κ1) is 23.5. The summed E-state index contributed by atoms with van der Waals surface area (Å²) in [6, 6.07) is 5.53. The molecule has 12 heteroatoms. The summed E-state index contributed by atoms with van der Waals surface area (Å²) in [5, 5.41) is 3.01. The van der Waals surface area contributed by atoms with E-state index in [-0.39, 0.29) is 20.8 Å². The van der Waals surface area contributed by atoms with Crippen LogP contribution in [0.15, 0.2) is 39.7 Å². The number of rotatable bonds is 7. The van der Waals surface area contributed by atoms with Crippen LogP contribution in [0.1, 0.15) is 12.0 Å². The fraction of sp³-hybridized carbons (Fsp3) is 0.368. The number of halogens is 4. The van der Waals surface area contributed by atoms with Crippen LogP contribution in [0.4, 0.5) is 18.9 Å². The summed E-state index contributed by atoms with van der Waals surface area (Å²) in [5.74, 6) is 0.0488. The van der Waals surface area contributed by atoms with Crippen molar-refractivity contribution in [1.82, 2.24) is 5.32 Å². The standard InChI is InChI=1S/C19H20BrF3N2O5S/c1-28-16-8-14(20)18(9-17(16)29-2)31(26,27)25-11-3-4-13(19(21,22)23)15(7-11)30-12-5-6-24-10-12/h3-4,7-9,12,24-25H,5-6,10H2,1-2H3/t12-/m1/s1. The van der Waals surface area contributed by atoms with Crippen LogP contribution in [-0.4, -0.2) is 41.8 Å². The van der Waals surface area contributed by atoms with E-state index >= 15 is 0 Å². The van der Waals surface area contributed by atoms with Crippen molar-refractivity contribution < 1.29 is 35.8 Å². The van der Waals surface area contributed by atoms with Gasteiger partial charge in [-0.05, 0) is 47.1 Å². The van der Waals surface area contributed by atoms with Gasteiger partial charge in [-0.25, -0.2) is 8.42 Å². The number of hydrogen-bond donors (Lipinski definition) is 2. The summed E-state index contributed by atoms with van der Waals surface area (Å²) < 4.78 is 84.3. The molecule has 0 aliphatic carbocycles. The van der Waals surface area contributed by atoms with E-state index in [1.807, 2.05) is 0 Å². The SMILES string of the molecule is COc1cc(Br)c(S(=O)(=O)Nc2ccc(C(F)(F)F)c(O[C@@H]3CCNC3)c2)cc1OC. The smallest absolute Gasteiger partial charge is 0.419 e. The third kappa shape index (κ3) is 5.36. The molecule has 0 saturated carbocycles. The highest BCUT2D eigenvalue weighted by atomic mass is 79.9. The zero-order valence-corrected chi connectivity index (χ0v) is 18.9. The van der Waals surface area contributed by atoms with Crippen LogP contribution in [0.3, 0.4) is 0 Å². The number of hydrogen-bond acceptors (Lipinski definition) is 6. The first-order valence-corrected chi connectivity index (χ1v) is 11.4. The van der Waals surface area contributed by atoms with Crippen LogP contribution in [-0.2, 0) is 16.2 Å². The molecule has 2 aromatic carbocycles. The molecule has 0 radical (unpaired) electrons. The molecule has 1 aliphatic rings. The van der Waals surface area contributed by atoms with Crippen LogP contribution < -0.4 is 24.2 Å². The maximum absolute atomic E-state index is 13.4. The molecule has 170 valence electrons. The highest BCUT2D eigenvalue weighted by Gasteiger charge is 2.35. The van der Waals surface area contributed by atoms with Gasteiger partial charge in [-0.2, -0.15) is 13.2 Å². The lowest BCUT2D eigenvalue weighted by molar-refractivity contribution is -0.139. The van der Waals surface area contributed by atoms with Crippen molar-refractivity contribution in [3.63, 3.8) is 0 Å². The van der Waals surface area contributed by atoms with Crippen molar-refractivity contribution >= 4 is 31.6 Å². The Kier molecular flexibility index (Phi) is 6.92. The molecular weight excluding hydrogens is 505 g/mol. The molecule has 3 rings (SSSR count). The molecule has 1 heterocycles. The third-order valence-corrected chi connectivity index (χ3v) is 6.92. The average Bonchev–Trinajstić information content (AvgIpc) is 3.19. The monoisotopic (exact) mass is 524 g/mol. The quantitative estimate of drug-likeness (QED) is 0.568. The molecule has 31 heavy (non-hydrogen) atoms. The van der Waals surface area contributed by atoms with Gasteiger partial charge in [0.15, 0.2) is 11.5 Å². The van der Waals surface area contributed by atoms with Crippen LogP contribution in [0, 0.1) is 0 Å². The Labute approximate surface area is 186 Å². The lowest BCUT2D eigenvalue weighted by Gasteiger charge is -2.19. The number of nitrogens with one attached hydrogen (secondary N) is 2. The maximum atomic E-state index is 13.4. The molecule has 7 nitrogen and oxygen atoms in total. The predicted molar refractivity (Wildman–Crippen MR) is 111 cm³/mol. The Balaban J connectivity index is 1.96. The van der Waals surface area contributed by atoms with E-state index in [0.29, 0.717) is 25.3 Å². The van der Waals surface area contributed by atoms with Gasteiger partial charge >= 0.3 is 6.18 Å². The summed E-state index contributed by atoms with van der Waals surface area (Å²) >= 11 is 3.18. The van der Waals surface area contributed by atoms with Crippen molar-refractivity contribution in [2.45, 2.75) is 23.6 Å². The Morgan fingerprint density at radius 3 is 2.35 bits per heavy atom. The van der Waals surface area contributed by atoms with Gasteiger partial charge in [-0.1, -0.05) is 0 Å². The van der Waals surface area contributed by atoms with Crippen LogP contribution >= 0.6 is 15.9 Å². The van der Waals surface area contributed by atoms with Crippen LogP contribution in [0.2, 0.25) is 0 Å². The van der Waals surface area contributed by atoms with Gasteiger partial charge in [-0.15, -0.1) is 0 Å². The van der Waals surface area contributed by atoms with Crippen molar-refractivity contribution in [3.05, 3.63) is 40.4 Å². The number of anilines is 1. The largest absolute Gasteiger partial charge is 0.493 e. The minimum Gasteiger partial charge on any atom is -0.493 e. The van der Waals surface area contributed by atoms with E-state index in [1.54, 1.807) is 0 Å². The summed E-state index contributed by atoms with van der Waals surface area (Å²) in [6.07, 6.45) is -4.54. The molecule has 0 spiro atoms. The van der Waals surface area contributed by atoms with Gasteiger partial charge < -0.3 is 19.5 Å². The minimum absolute atomic E-state index is 0.0735. The van der Waals surface area contributed by atoms with E-state index in [1.165, 1.54) is 26.4 Å². The van der Waals surface area contributed by atoms with Crippen molar-refractivity contribution in [3.8, 4) is 17.2 Å². The molecule has 0 unspecified atom stereocenters. The van der Waals surface area contributed by atoms with Crippen LogP contribution in [0.25, 0.3) is 0 Å². The first-order chi connectivity index (χ1) is 14.5. The highest BCUT2D eigenvalue weighted by Crippen LogP contribution is 2.40. The highest BCUT2D eigenvalue weighted by molar-refractivity contribution is 9.10. The Morgan fingerprint density at radius 1 is 1.10 bits per heavy atom. The third-order valence-electron chi connectivity index (χ3n) is 4.58. The molecular formula is C19H20BrF3N2O5S. The Morgan fingerprint density at radius 2 is 1.77 bits per heavy atom. The fourth-order valence-electron chi connectivity index (χ4n) is 3.08. The molecule has 0 aromatic heterocycles. The molecule has 0 bridgehead atoms. The Hall–Kier alpha value is -2.18. The van der Waals surface area contributed by atoms with Crippen molar-refractivity contribution in [2.24, 2.45) is 0 Å². The summed E-state index contributed by atoms with van der Waals surface area (Å²) in [4.78, 5) is -0.174. The number of sulfonamides is 1. The van der Waals surface area contributed by atoms with E-state index < -0.39 is 33.6 Å². The first-order valence-electron chi connectivity index (χ1n) is 9.08. The van der Waals surface area contributed by atoms with Gasteiger partial charge in [0.2, 0.25) is 0 Å². The minimum atomic E-state index is -4.65. The second kappa shape index (κ2) is 9.13. The summed E-state index contributed by atoms with van der Waals surface area (Å²) in [6.45, 7) is 1.04. The normalized spacial score (nSPS) is 16.8. The number of benzene rings is 2. The van der Waals surface area contributed by atoms with Gasteiger partial charge in [0.25, 0.3) is 10.0 Å². The van der Waals surface area contributed by atoms with E-state index in [4.69, 9.17) is 14.2 Å². The Bertz CT molecular complexity index is 1060. The molecule has 1 aliphatic heterocycles. The van der Waals surface area contributed by atoms with Gasteiger partial charge in [0.1, 0.15) is 16.7 Å². The second-order valence-corrected chi connectivity index (χ2v) is 9.19. The molecule has 1 atom stereocenters. The zero-order valence-electron chi connectivity index (χ0n) is 16.5. The average molecular weight is 525 g/mol. The molecule has 1 saturated heterocycles. The number of alkyl halides is 3. The van der Waals surface area contributed by atoms with Gasteiger partial charge in [0, 0.05) is 23.2 Å². The summed E-state index contributed by atoms with van der Waals surface area (Å²) in [7, 11) is -1.42.